The van der Waals surface area contributed by atoms with E-state index in [0.29, 0.717) is 0 Å². The molecule has 0 aromatic heterocycles. The van der Waals surface area contributed by atoms with Crippen molar-refractivity contribution in [2.45, 2.75) is 60.3 Å². The zero-order valence-electron chi connectivity index (χ0n) is 9.56. The van der Waals surface area contributed by atoms with Gasteiger partial charge in [0.25, 0.3) is 0 Å². The molecule has 0 bridgehead atoms. The summed E-state index contributed by atoms with van der Waals surface area (Å²) >= 11 is 0. The molecule has 0 saturated carbocycles. The Morgan fingerprint density at radius 1 is 0.667 bits per heavy atom. The number of hydrogen-bond donors (Lipinski definition) is 0. The van der Waals surface area contributed by atoms with Gasteiger partial charge in [0.05, 0.1) is 0 Å². The molecule has 0 spiro atoms. The van der Waals surface area contributed by atoms with E-state index in [0.717, 1.165) is 17.8 Å². The van der Waals surface area contributed by atoms with Gasteiger partial charge in [0.15, 0.2) is 0 Å². The summed E-state index contributed by atoms with van der Waals surface area (Å²) in [5.74, 6) is 2.77. The van der Waals surface area contributed by atoms with Crippen LogP contribution in [0, 0.1) is 17.8 Å². The van der Waals surface area contributed by atoms with Crippen LogP contribution in [0.15, 0.2) is 0 Å². The topological polar surface area (TPSA) is 0 Å². The second-order valence-corrected chi connectivity index (χ2v) is 4.60. The SMILES string of the molecule is CC[C@@H](C)CC(C)C[C@H](C)CC. The van der Waals surface area contributed by atoms with Gasteiger partial charge in [-0.3, -0.25) is 0 Å². The first kappa shape index (κ1) is 12.0. The van der Waals surface area contributed by atoms with E-state index in [4.69, 9.17) is 0 Å². The van der Waals surface area contributed by atoms with Crippen molar-refractivity contribution in [1.82, 2.24) is 0 Å². The molecular formula is C12H26. The van der Waals surface area contributed by atoms with Crippen molar-refractivity contribution >= 4 is 0 Å². The van der Waals surface area contributed by atoms with E-state index in [2.05, 4.69) is 34.6 Å². The number of rotatable bonds is 6. The van der Waals surface area contributed by atoms with Gasteiger partial charge in [-0.05, 0) is 30.6 Å². The minimum absolute atomic E-state index is 0.920. The maximum atomic E-state index is 2.40. The first-order chi connectivity index (χ1) is 5.60. The Hall–Kier alpha value is 0. The van der Waals surface area contributed by atoms with Crippen LogP contribution in [0.25, 0.3) is 0 Å². The Morgan fingerprint density at radius 2 is 1.00 bits per heavy atom. The number of hydrogen-bond acceptors (Lipinski definition) is 0. The van der Waals surface area contributed by atoms with Crippen molar-refractivity contribution < 1.29 is 0 Å². The van der Waals surface area contributed by atoms with Gasteiger partial charge in [-0.2, -0.15) is 0 Å². The van der Waals surface area contributed by atoms with Crippen LogP contribution < -0.4 is 0 Å². The minimum atomic E-state index is 0.920. The van der Waals surface area contributed by atoms with Crippen molar-refractivity contribution in [3.05, 3.63) is 0 Å². The molecule has 0 N–H and O–H groups in total. The van der Waals surface area contributed by atoms with E-state index in [-0.39, 0.29) is 0 Å². The van der Waals surface area contributed by atoms with Crippen LogP contribution in [0.1, 0.15) is 60.3 Å². The average Bonchev–Trinajstić information content (AvgIpc) is 2.03. The van der Waals surface area contributed by atoms with Crippen molar-refractivity contribution in [1.29, 1.82) is 0 Å². The second kappa shape index (κ2) is 6.51. The predicted molar refractivity (Wildman–Crippen MR) is 57.3 cm³/mol. The van der Waals surface area contributed by atoms with Crippen LogP contribution in [0.3, 0.4) is 0 Å². The largest absolute Gasteiger partial charge is 0.0651 e. The molecule has 0 aliphatic rings. The van der Waals surface area contributed by atoms with Crippen molar-refractivity contribution in [2.24, 2.45) is 17.8 Å². The molecule has 0 aliphatic heterocycles. The molecule has 0 fully saturated rings. The average molecular weight is 170 g/mol. The minimum Gasteiger partial charge on any atom is -0.0651 e. The van der Waals surface area contributed by atoms with Gasteiger partial charge in [-0.15, -0.1) is 0 Å². The van der Waals surface area contributed by atoms with E-state index in [1.165, 1.54) is 25.7 Å². The van der Waals surface area contributed by atoms with Crippen LogP contribution in [0.4, 0.5) is 0 Å². The molecule has 0 nitrogen and oxygen atoms in total. The lowest BCUT2D eigenvalue weighted by atomic mass is 9.88. The lowest BCUT2D eigenvalue weighted by Gasteiger charge is -2.18. The molecule has 0 heterocycles. The molecule has 74 valence electrons. The summed E-state index contributed by atoms with van der Waals surface area (Å²) in [6.45, 7) is 11.7. The maximum absolute atomic E-state index is 2.40. The molecule has 0 aromatic rings. The fourth-order valence-corrected chi connectivity index (χ4v) is 1.80. The highest BCUT2D eigenvalue weighted by Crippen LogP contribution is 2.22. The lowest BCUT2D eigenvalue weighted by Crippen LogP contribution is -2.06. The standard InChI is InChI=1S/C12H26/c1-6-10(3)8-12(5)9-11(4)7-2/h10-12H,6-9H2,1-5H3/t10-,11-/m1/s1. The van der Waals surface area contributed by atoms with E-state index in [9.17, 15) is 0 Å². The Balaban J connectivity index is 3.51. The summed E-state index contributed by atoms with van der Waals surface area (Å²) in [7, 11) is 0. The summed E-state index contributed by atoms with van der Waals surface area (Å²) in [4.78, 5) is 0. The lowest BCUT2D eigenvalue weighted by molar-refractivity contribution is 0.335. The van der Waals surface area contributed by atoms with Gasteiger partial charge in [-0.1, -0.05) is 47.5 Å². The highest BCUT2D eigenvalue weighted by molar-refractivity contribution is 4.61. The zero-order valence-corrected chi connectivity index (χ0v) is 9.56. The van der Waals surface area contributed by atoms with E-state index in [1.807, 2.05) is 0 Å². The third kappa shape index (κ3) is 5.62. The molecule has 2 atom stereocenters. The van der Waals surface area contributed by atoms with E-state index in [1.54, 1.807) is 0 Å². The first-order valence-corrected chi connectivity index (χ1v) is 5.60. The molecule has 0 radical (unpaired) electrons. The second-order valence-electron chi connectivity index (χ2n) is 4.60. The van der Waals surface area contributed by atoms with Gasteiger partial charge in [0, 0.05) is 0 Å². The van der Waals surface area contributed by atoms with Crippen LogP contribution in [-0.2, 0) is 0 Å². The molecule has 0 aromatic carbocycles. The van der Waals surface area contributed by atoms with Gasteiger partial charge >= 0.3 is 0 Å². The van der Waals surface area contributed by atoms with Crippen LogP contribution >= 0.6 is 0 Å². The van der Waals surface area contributed by atoms with Gasteiger partial charge in [0.1, 0.15) is 0 Å². The van der Waals surface area contributed by atoms with Crippen LogP contribution in [0.2, 0.25) is 0 Å². The summed E-state index contributed by atoms with van der Waals surface area (Å²) in [5.41, 5.74) is 0. The monoisotopic (exact) mass is 170 g/mol. The van der Waals surface area contributed by atoms with Gasteiger partial charge < -0.3 is 0 Å². The molecule has 0 rings (SSSR count). The molecule has 0 unspecified atom stereocenters. The van der Waals surface area contributed by atoms with Crippen molar-refractivity contribution in [3.8, 4) is 0 Å². The van der Waals surface area contributed by atoms with Gasteiger partial charge in [-0.25, -0.2) is 0 Å². The van der Waals surface area contributed by atoms with E-state index >= 15 is 0 Å². The Labute approximate surface area is 78.8 Å². The van der Waals surface area contributed by atoms with Crippen LogP contribution in [0.5, 0.6) is 0 Å². The Kier molecular flexibility index (Phi) is 6.51. The summed E-state index contributed by atoms with van der Waals surface area (Å²) in [6.07, 6.45) is 5.51. The highest BCUT2D eigenvalue weighted by Gasteiger charge is 2.09. The Bertz CT molecular complexity index is 84.2. The molecular weight excluding hydrogens is 144 g/mol. The zero-order chi connectivity index (χ0) is 9.56. The third-order valence-corrected chi connectivity index (χ3v) is 3.00. The fraction of sp³-hybridized carbons (Fsp3) is 1.00. The molecule has 0 saturated heterocycles. The smallest absolute Gasteiger partial charge is 0.0438 e. The summed E-state index contributed by atoms with van der Waals surface area (Å²) in [6, 6.07) is 0. The highest BCUT2D eigenvalue weighted by atomic mass is 14.2. The summed E-state index contributed by atoms with van der Waals surface area (Å²) < 4.78 is 0. The molecule has 0 amide bonds. The normalized spacial score (nSPS) is 16.5. The first-order valence-electron chi connectivity index (χ1n) is 5.60. The van der Waals surface area contributed by atoms with Gasteiger partial charge in [0.2, 0.25) is 0 Å². The third-order valence-electron chi connectivity index (χ3n) is 3.00. The Morgan fingerprint density at radius 3 is 1.25 bits per heavy atom. The molecule has 0 heteroatoms. The fourth-order valence-electron chi connectivity index (χ4n) is 1.80. The quantitative estimate of drug-likeness (QED) is 0.551. The molecule has 0 aliphatic carbocycles. The van der Waals surface area contributed by atoms with Crippen molar-refractivity contribution in [2.75, 3.05) is 0 Å². The van der Waals surface area contributed by atoms with E-state index < -0.39 is 0 Å². The van der Waals surface area contributed by atoms with Crippen LogP contribution in [-0.4, -0.2) is 0 Å². The summed E-state index contributed by atoms with van der Waals surface area (Å²) in [5, 5.41) is 0. The predicted octanol–water partition coefficient (Wildman–Crippen LogP) is 4.49. The maximum Gasteiger partial charge on any atom is -0.0438 e. The molecule has 12 heavy (non-hydrogen) atoms. The van der Waals surface area contributed by atoms with Crippen molar-refractivity contribution in [3.63, 3.8) is 0 Å².